The Morgan fingerprint density at radius 2 is 2.10 bits per heavy atom. The Bertz CT molecular complexity index is 427. The van der Waals surface area contributed by atoms with Crippen molar-refractivity contribution in [3.05, 3.63) is 11.7 Å². The van der Waals surface area contributed by atoms with Crippen molar-refractivity contribution in [2.24, 2.45) is 5.92 Å². The molecular formula is C15H26N4OS. The molecule has 0 amide bonds. The van der Waals surface area contributed by atoms with Gasteiger partial charge in [0.15, 0.2) is 5.82 Å². The van der Waals surface area contributed by atoms with Gasteiger partial charge in [-0.05, 0) is 36.7 Å². The zero-order chi connectivity index (χ0) is 14.5. The molecule has 0 aliphatic carbocycles. The van der Waals surface area contributed by atoms with Crippen LogP contribution in [0.3, 0.4) is 0 Å². The first kappa shape index (κ1) is 15.3. The predicted octanol–water partition coefficient (Wildman–Crippen LogP) is 2.11. The molecule has 3 rings (SSSR count). The zero-order valence-corrected chi connectivity index (χ0v) is 13.7. The van der Waals surface area contributed by atoms with Gasteiger partial charge in [0.1, 0.15) is 0 Å². The summed E-state index contributed by atoms with van der Waals surface area (Å²) in [5, 5.41) is 7.67. The summed E-state index contributed by atoms with van der Waals surface area (Å²) >= 11 is 2.06. The maximum Gasteiger partial charge on any atom is 0.226 e. The molecular weight excluding hydrogens is 284 g/mol. The molecule has 0 bridgehead atoms. The maximum absolute atomic E-state index is 5.53. The summed E-state index contributed by atoms with van der Waals surface area (Å²) in [6.45, 7) is 6.47. The average Bonchev–Trinajstić information content (AvgIpc) is 2.98. The van der Waals surface area contributed by atoms with E-state index in [2.05, 4.69) is 34.1 Å². The quantitative estimate of drug-likeness (QED) is 0.899. The minimum Gasteiger partial charge on any atom is -0.339 e. The lowest BCUT2D eigenvalue weighted by Gasteiger charge is -2.32. The summed E-state index contributed by atoms with van der Waals surface area (Å²) in [4.78, 5) is 7.18. The largest absolute Gasteiger partial charge is 0.339 e. The molecule has 2 fully saturated rings. The molecule has 5 nitrogen and oxygen atoms in total. The summed E-state index contributed by atoms with van der Waals surface area (Å²) in [6.07, 6.45) is 4.58. The topological polar surface area (TPSA) is 54.2 Å². The molecule has 3 heterocycles. The van der Waals surface area contributed by atoms with Gasteiger partial charge in [-0.25, -0.2) is 0 Å². The Morgan fingerprint density at radius 3 is 2.81 bits per heavy atom. The predicted molar refractivity (Wildman–Crippen MR) is 85.5 cm³/mol. The van der Waals surface area contributed by atoms with Crippen molar-refractivity contribution in [2.45, 2.75) is 38.6 Å². The van der Waals surface area contributed by atoms with Gasteiger partial charge in [0, 0.05) is 32.6 Å². The Hall–Kier alpha value is -0.590. The molecule has 21 heavy (non-hydrogen) atoms. The molecule has 1 N–H and O–H groups in total. The molecule has 0 radical (unpaired) electrons. The second-order valence-corrected chi connectivity index (χ2v) is 7.24. The highest BCUT2D eigenvalue weighted by Gasteiger charge is 2.26. The Morgan fingerprint density at radius 1 is 1.33 bits per heavy atom. The van der Waals surface area contributed by atoms with E-state index in [-0.39, 0.29) is 0 Å². The SMILES string of the molecule is CCC(c1noc(CC2CCSCC2)n1)N1CCNCC1. The first-order valence-electron chi connectivity index (χ1n) is 8.21. The highest BCUT2D eigenvalue weighted by Crippen LogP contribution is 2.27. The number of aromatic nitrogens is 2. The van der Waals surface area contributed by atoms with E-state index in [9.17, 15) is 0 Å². The average molecular weight is 310 g/mol. The monoisotopic (exact) mass is 310 g/mol. The van der Waals surface area contributed by atoms with Crippen molar-refractivity contribution < 1.29 is 4.52 Å². The number of piperazine rings is 1. The lowest BCUT2D eigenvalue weighted by atomic mass is 9.99. The van der Waals surface area contributed by atoms with Crippen molar-refractivity contribution in [2.75, 3.05) is 37.7 Å². The second kappa shape index (κ2) is 7.61. The molecule has 0 aromatic carbocycles. The van der Waals surface area contributed by atoms with Crippen LogP contribution in [0.5, 0.6) is 0 Å². The smallest absolute Gasteiger partial charge is 0.226 e. The molecule has 118 valence electrons. The number of nitrogens with one attached hydrogen (secondary N) is 1. The van der Waals surface area contributed by atoms with Crippen molar-refractivity contribution in [3.63, 3.8) is 0 Å². The van der Waals surface area contributed by atoms with Gasteiger partial charge in [0.05, 0.1) is 6.04 Å². The van der Waals surface area contributed by atoms with Crippen molar-refractivity contribution >= 4 is 11.8 Å². The van der Waals surface area contributed by atoms with Crippen LogP contribution < -0.4 is 5.32 Å². The fraction of sp³-hybridized carbons (Fsp3) is 0.867. The summed E-state index contributed by atoms with van der Waals surface area (Å²) in [5.41, 5.74) is 0. The number of hydrogen-bond acceptors (Lipinski definition) is 6. The van der Waals surface area contributed by atoms with Gasteiger partial charge in [-0.3, -0.25) is 4.90 Å². The Balaban J connectivity index is 1.61. The van der Waals surface area contributed by atoms with Crippen LogP contribution in [0.1, 0.15) is 43.9 Å². The second-order valence-electron chi connectivity index (χ2n) is 6.02. The third kappa shape index (κ3) is 3.99. The molecule has 1 atom stereocenters. The minimum absolute atomic E-state index is 0.312. The van der Waals surface area contributed by atoms with Crippen LogP contribution >= 0.6 is 11.8 Å². The first-order valence-corrected chi connectivity index (χ1v) is 9.37. The lowest BCUT2D eigenvalue weighted by molar-refractivity contribution is 0.160. The van der Waals surface area contributed by atoms with E-state index in [1.54, 1.807) is 0 Å². The van der Waals surface area contributed by atoms with Gasteiger partial charge in [-0.15, -0.1) is 0 Å². The van der Waals surface area contributed by atoms with Crippen molar-refractivity contribution in [1.82, 2.24) is 20.4 Å². The normalized spacial score (nSPS) is 23.3. The maximum atomic E-state index is 5.53. The van der Waals surface area contributed by atoms with Crippen LogP contribution in [-0.2, 0) is 6.42 Å². The van der Waals surface area contributed by atoms with E-state index in [1.165, 1.54) is 24.3 Å². The van der Waals surface area contributed by atoms with Crippen LogP contribution in [0, 0.1) is 5.92 Å². The summed E-state index contributed by atoms with van der Waals surface area (Å²) < 4.78 is 5.53. The van der Waals surface area contributed by atoms with Gasteiger partial charge in [-0.1, -0.05) is 12.1 Å². The van der Waals surface area contributed by atoms with Crippen molar-refractivity contribution in [1.29, 1.82) is 0 Å². The minimum atomic E-state index is 0.312. The van der Waals surface area contributed by atoms with E-state index in [0.717, 1.165) is 56.7 Å². The Kier molecular flexibility index (Phi) is 5.55. The van der Waals surface area contributed by atoms with Crippen LogP contribution in [0.4, 0.5) is 0 Å². The molecule has 0 spiro atoms. The molecule has 1 unspecified atom stereocenters. The van der Waals surface area contributed by atoms with Gasteiger partial charge in [0.25, 0.3) is 0 Å². The summed E-state index contributed by atoms with van der Waals surface area (Å²) in [6, 6.07) is 0.312. The highest BCUT2D eigenvalue weighted by atomic mass is 32.2. The van der Waals surface area contributed by atoms with E-state index in [0.29, 0.717) is 6.04 Å². The molecule has 2 saturated heterocycles. The summed E-state index contributed by atoms with van der Waals surface area (Å²) in [5.74, 6) is 5.03. The molecule has 1 aromatic rings. The first-order chi connectivity index (χ1) is 10.4. The number of rotatable bonds is 5. The Labute approximate surface area is 131 Å². The fourth-order valence-corrected chi connectivity index (χ4v) is 4.49. The van der Waals surface area contributed by atoms with Crippen LogP contribution in [0.15, 0.2) is 4.52 Å². The molecule has 2 aliphatic rings. The van der Waals surface area contributed by atoms with E-state index < -0.39 is 0 Å². The molecule has 6 heteroatoms. The number of thioether (sulfide) groups is 1. The lowest BCUT2D eigenvalue weighted by Crippen LogP contribution is -2.45. The fourth-order valence-electron chi connectivity index (χ4n) is 3.28. The number of hydrogen-bond donors (Lipinski definition) is 1. The number of nitrogens with zero attached hydrogens (tertiary/aromatic N) is 3. The van der Waals surface area contributed by atoms with Gasteiger partial charge in [-0.2, -0.15) is 16.7 Å². The van der Waals surface area contributed by atoms with Crippen LogP contribution in [0.25, 0.3) is 0 Å². The molecule has 2 aliphatic heterocycles. The highest BCUT2D eigenvalue weighted by molar-refractivity contribution is 7.99. The van der Waals surface area contributed by atoms with Crippen molar-refractivity contribution in [3.8, 4) is 0 Å². The molecule has 1 aromatic heterocycles. The van der Waals surface area contributed by atoms with Crippen LogP contribution in [-0.4, -0.2) is 52.7 Å². The van der Waals surface area contributed by atoms with Gasteiger partial charge >= 0.3 is 0 Å². The van der Waals surface area contributed by atoms with E-state index in [1.807, 2.05) is 0 Å². The standard InChI is InChI=1S/C15H26N4OS/c1-2-13(19-7-5-16-6-8-19)15-17-14(20-18-15)11-12-3-9-21-10-4-12/h12-13,16H,2-11H2,1H3. The van der Waals surface area contributed by atoms with E-state index >= 15 is 0 Å². The van der Waals surface area contributed by atoms with Crippen LogP contribution in [0.2, 0.25) is 0 Å². The zero-order valence-electron chi connectivity index (χ0n) is 12.9. The molecule has 0 saturated carbocycles. The van der Waals surface area contributed by atoms with E-state index in [4.69, 9.17) is 9.51 Å². The third-order valence-electron chi connectivity index (χ3n) is 4.57. The van der Waals surface area contributed by atoms with Gasteiger partial charge in [0.2, 0.25) is 5.89 Å². The summed E-state index contributed by atoms with van der Waals surface area (Å²) in [7, 11) is 0. The third-order valence-corrected chi connectivity index (χ3v) is 5.61. The van der Waals surface area contributed by atoms with Gasteiger partial charge < -0.3 is 9.84 Å².